The van der Waals surface area contributed by atoms with E-state index in [4.69, 9.17) is 9.52 Å². The molecule has 0 fully saturated rings. The van der Waals surface area contributed by atoms with E-state index in [1.54, 1.807) is 12.1 Å². The summed E-state index contributed by atoms with van der Waals surface area (Å²) in [5.74, 6) is -0.686. The number of hydrogen-bond acceptors (Lipinski definition) is 6. The van der Waals surface area contributed by atoms with Crippen LogP contribution in [0.2, 0.25) is 0 Å². The molecule has 0 aliphatic heterocycles. The van der Waals surface area contributed by atoms with Gasteiger partial charge >= 0.3 is 5.97 Å². The molecule has 31 heavy (non-hydrogen) atoms. The van der Waals surface area contributed by atoms with Gasteiger partial charge < -0.3 is 9.52 Å². The fourth-order valence-corrected chi connectivity index (χ4v) is 4.62. The maximum atomic E-state index is 12.6. The third-order valence-corrected chi connectivity index (χ3v) is 6.82. The van der Waals surface area contributed by atoms with Gasteiger partial charge in [-0.05, 0) is 54.1 Å². The predicted molar refractivity (Wildman–Crippen MR) is 113 cm³/mol. The molecule has 3 rings (SSSR count). The van der Waals surface area contributed by atoms with Crippen molar-refractivity contribution in [3.8, 4) is 0 Å². The van der Waals surface area contributed by atoms with E-state index in [0.717, 1.165) is 6.08 Å². The van der Waals surface area contributed by atoms with Crippen LogP contribution in [0.25, 0.3) is 6.08 Å². The standard InChI is InChI=1S/C20H18N2O7S2/c23-20(24)11-8-15-6-9-18(10-7-15)31(27,28)22-16-3-1-5-19(13-16)30(25,26)21-14-17-4-2-12-29-17/h1-13,21-22H,14H2,(H,23,24)/b11-8+. The summed E-state index contributed by atoms with van der Waals surface area (Å²) in [4.78, 5) is 10.4. The van der Waals surface area contributed by atoms with E-state index >= 15 is 0 Å². The van der Waals surface area contributed by atoms with Gasteiger partial charge in [-0.2, -0.15) is 0 Å². The van der Waals surface area contributed by atoms with Crippen molar-refractivity contribution in [1.82, 2.24) is 4.72 Å². The third-order valence-electron chi connectivity index (χ3n) is 4.02. The molecule has 0 unspecified atom stereocenters. The normalized spacial score (nSPS) is 12.1. The average Bonchev–Trinajstić information content (AvgIpc) is 3.25. The van der Waals surface area contributed by atoms with E-state index < -0.39 is 26.0 Å². The second-order valence-electron chi connectivity index (χ2n) is 6.28. The van der Waals surface area contributed by atoms with Gasteiger partial charge in [0.1, 0.15) is 5.76 Å². The number of carboxylic acid groups (broad SMARTS) is 1. The van der Waals surface area contributed by atoms with Gasteiger partial charge in [-0.1, -0.05) is 18.2 Å². The number of rotatable bonds is 9. The number of anilines is 1. The van der Waals surface area contributed by atoms with Gasteiger partial charge in [0.15, 0.2) is 0 Å². The second-order valence-corrected chi connectivity index (χ2v) is 9.73. The summed E-state index contributed by atoms with van der Waals surface area (Å²) in [6.07, 6.45) is 3.69. The molecule has 0 spiro atoms. The molecule has 3 aromatic rings. The number of nitrogens with one attached hydrogen (secondary N) is 2. The lowest BCUT2D eigenvalue weighted by molar-refractivity contribution is -0.131. The molecule has 0 amide bonds. The van der Waals surface area contributed by atoms with Crippen LogP contribution < -0.4 is 9.44 Å². The maximum Gasteiger partial charge on any atom is 0.328 e. The zero-order valence-electron chi connectivity index (χ0n) is 15.9. The molecule has 0 radical (unpaired) electrons. The Bertz CT molecular complexity index is 1300. The molecule has 9 nitrogen and oxygen atoms in total. The highest BCUT2D eigenvalue weighted by Crippen LogP contribution is 2.20. The van der Waals surface area contributed by atoms with Crippen molar-refractivity contribution in [2.45, 2.75) is 16.3 Å². The maximum absolute atomic E-state index is 12.6. The van der Waals surface area contributed by atoms with Gasteiger partial charge in [-0.25, -0.2) is 26.4 Å². The number of hydrogen-bond donors (Lipinski definition) is 3. The van der Waals surface area contributed by atoms with Crippen LogP contribution in [0.1, 0.15) is 11.3 Å². The zero-order chi connectivity index (χ0) is 22.5. The summed E-state index contributed by atoms with van der Waals surface area (Å²) in [7, 11) is -7.89. The SMILES string of the molecule is O=C(O)/C=C/c1ccc(S(=O)(=O)Nc2cccc(S(=O)(=O)NCc3ccco3)c2)cc1. The van der Waals surface area contributed by atoms with Gasteiger partial charge in [0.2, 0.25) is 10.0 Å². The minimum Gasteiger partial charge on any atom is -0.478 e. The molecule has 1 aromatic heterocycles. The molecule has 162 valence electrons. The Hall–Kier alpha value is -3.41. The van der Waals surface area contributed by atoms with Crippen LogP contribution in [0.15, 0.2) is 87.2 Å². The third kappa shape index (κ3) is 6.04. The minimum absolute atomic E-state index is 0.0477. The van der Waals surface area contributed by atoms with E-state index in [1.165, 1.54) is 60.9 Å². The number of benzene rings is 2. The van der Waals surface area contributed by atoms with Crippen molar-refractivity contribution < 1.29 is 31.2 Å². The Kier molecular flexibility index (Phi) is 6.59. The van der Waals surface area contributed by atoms with E-state index in [1.807, 2.05) is 0 Å². The number of sulfonamides is 2. The summed E-state index contributed by atoms with van der Waals surface area (Å²) >= 11 is 0. The van der Waals surface area contributed by atoms with Crippen molar-refractivity contribution in [3.05, 3.63) is 84.3 Å². The lowest BCUT2D eigenvalue weighted by Crippen LogP contribution is -2.23. The Balaban J connectivity index is 1.75. The lowest BCUT2D eigenvalue weighted by atomic mass is 10.2. The molecule has 2 aromatic carbocycles. The van der Waals surface area contributed by atoms with Gasteiger partial charge in [-0.3, -0.25) is 4.72 Å². The minimum atomic E-state index is -3.99. The average molecular weight is 463 g/mol. The largest absolute Gasteiger partial charge is 0.478 e. The number of furan rings is 1. The molecule has 0 aliphatic carbocycles. The van der Waals surface area contributed by atoms with E-state index in [2.05, 4.69) is 9.44 Å². The van der Waals surface area contributed by atoms with Crippen molar-refractivity contribution >= 4 is 37.8 Å². The smallest absolute Gasteiger partial charge is 0.328 e. The molecule has 0 bridgehead atoms. The van der Waals surface area contributed by atoms with Gasteiger partial charge in [0.25, 0.3) is 10.0 Å². The van der Waals surface area contributed by atoms with E-state index in [9.17, 15) is 21.6 Å². The van der Waals surface area contributed by atoms with Gasteiger partial charge in [0.05, 0.1) is 28.3 Å². The van der Waals surface area contributed by atoms with Gasteiger partial charge in [-0.15, -0.1) is 0 Å². The van der Waals surface area contributed by atoms with Crippen molar-refractivity contribution in [2.24, 2.45) is 0 Å². The molecular formula is C20H18N2O7S2. The van der Waals surface area contributed by atoms with Crippen LogP contribution in [0.3, 0.4) is 0 Å². The van der Waals surface area contributed by atoms with E-state index in [-0.39, 0.29) is 22.0 Å². The van der Waals surface area contributed by atoms with Crippen LogP contribution in [-0.4, -0.2) is 27.9 Å². The number of carboxylic acids is 1. The molecule has 0 atom stereocenters. The zero-order valence-corrected chi connectivity index (χ0v) is 17.6. The first kappa shape index (κ1) is 22.3. The van der Waals surface area contributed by atoms with Crippen molar-refractivity contribution in [3.63, 3.8) is 0 Å². The van der Waals surface area contributed by atoms with Crippen LogP contribution in [0.4, 0.5) is 5.69 Å². The molecule has 1 heterocycles. The molecule has 3 N–H and O–H groups in total. The van der Waals surface area contributed by atoms with Crippen LogP contribution in [-0.2, 0) is 31.4 Å². The van der Waals surface area contributed by atoms with Crippen LogP contribution in [0, 0.1) is 0 Å². The van der Waals surface area contributed by atoms with Crippen molar-refractivity contribution in [1.29, 1.82) is 0 Å². The topological polar surface area (TPSA) is 143 Å². The molecule has 0 saturated heterocycles. The highest BCUT2D eigenvalue weighted by atomic mass is 32.2. The second kappa shape index (κ2) is 9.16. The predicted octanol–water partition coefficient (Wildman–Crippen LogP) is 2.66. The lowest BCUT2D eigenvalue weighted by Gasteiger charge is -2.11. The fourth-order valence-electron chi connectivity index (χ4n) is 2.53. The summed E-state index contributed by atoms with van der Waals surface area (Å²) in [5, 5.41) is 8.64. The van der Waals surface area contributed by atoms with Crippen LogP contribution in [0.5, 0.6) is 0 Å². The van der Waals surface area contributed by atoms with Crippen molar-refractivity contribution in [2.75, 3.05) is 4.72 Å². The fraction of sp³-hybridized carbons (Fsp3) is 0.0500. The molecule has 0 saturated carbocycles. The molecule has 0 aliphatic rings. The highest BCUT2D eigenvalue weighted by molar-refractivity contribution is 7.92. The van der Waals surface area contributed by atoms with Gasteiger partial charge in [0, 0.05) is 6.08 Å². The Labute approximate surface area is 179 Å². The monoisotopic (exact) mass is 462 g/mol. The summed E-state index contributed by atoms with van der Waals surface area (Å²) in [5.41, 5.74) is 0.577. The summed E-state index contributed by atoms with van der Waals surface area (Å²) in [6, 6.07) is 14.2. The molecular weight excluding hydrogens is 444 g/mol. The summed E-state index contributed by atoms with van der Waals surface area (Å²) < 4.78 is 60.0. The number of carbonyl (C=O) groups is 1. The van der Waals surface area contributed by atoms with Crippen LogP contribution >= 0.6 is 0 Å². The summed E-state index contributed by atoms with van der Waals surface area (Å²) in [6.45, 7) is -0.0477. The van der Waals surface area contributed by atoms with E-state index in [0.29, 0.717) is 11.3 Å². The first-order valence-electron chi connectivity index (χ1n) is 8.82. The first-order chi connectivity index (χ1) is 14.7. The highest BCUT2D eigenvalue weighted by Gasteiger charge is 2.18. The quantitative estimate of drug-likeness (QED) is 0.415. The first-order valence-corrected chi connectivity index (χ1v) is 11.8. The Morgan fingerprint density at radius 3 is 2.32 bits per heavy atom. The molecule has 11 heteroatoms. The Morgan fingerprint density at radius 1 is 0.935 bits per heavy atom. The number of aliphatic carboxylic acids is 1. The Morgan fingerprint density at radius 2 is 1.68 bits per heavy atom.